The number of aryl methyl sites for hydroxylation is 2. The van der Waals surface area contributed by atoms with Crippen LogP contribution in [-0.2, 0) is 6.54 Å². The van der Waals surface area contributed by atoms with Crippen LogP contribution in [0, 0.1) is 13.8 Å². The summed E-state index contributed by atoms with van der Waals surface area (Å²) in [6.07, 6.45) is 3.39. The summed E-state index contributed by atoms with van der Waals surface area (Å²) in [5.41, 5.74) is 2.82. The number of hydrogen-bond acceptors (Lipinski definition) is 3. The zero-order valence-corrected chi connectivity index (χ0v) is 13.3. The van der Waals surface area contributed by atoms with E-state index < -0.39 is 0 Å². The van der Waals surface area contributed by atoms with Crippen LogP contribution in [0.4, 0.5) is 4.79 Å². The predicted octanol–water partition coefficient (Wildman–Crippen LogP) is 3.19. The van der Waals surface area contributed by atoms with E-state index in [1.54, 1.807) is 12.4 Å². The Bertz CT molecular complexity index is 624. The van der Waals surface area contributed by atoms with Crippen LogP contribution in [0.1, 0.15) is 16.7 Å². The van der Waals surface area contributed by atoms with Crippen LogP contribution >= 0.6 is 11.6 Å². The van der Waals surface area contributed by atoms with E-state index >= 15 is 0 Å². The van der Waals surface area contributed by atoms with Crippen molar-refractivity contribution in [3.05, 3.63) is 58.4 Å². The number of nitrogens with one attached hydrogen (secondary N) is 2. The molecule has 2 N–H and O–H groups in total. The maximum Gasteiger partial charge on any atom is 0.317 e. The Hall–Kier alpha value is -2.27. The first-order valence-corrected chi connectivity index (χ1v) is 7.24. The molecule has 1 aromatic carbocycles. The molecule has 22 heavy (non-hydrogen) atoms. The molecule has 0 spiro atoms. The van der Waals surface area contributed by atoms with Gasteiger partial charge in [0, 0.05) is 24.0 Å². The molecule has 1 aromatic heterocycles. The standard InChI is InChI=1S/C16H18ClN3O2/c1-11-6-14(7-12(2)15(11)17)22-10-20-16(21)19-9-13-4-3-5-18-8-13/h3-8H,9-10H2,1-2H3,(H2,19,20,21). The van der Waals surface area contributed by atoms with E-state index in [9.17, 15) is 4.79 Å². The fourth-order valence-corrected chi connectivity index (χ4v) is 2.03. The van der Waals surface area contributed by atoms with E-state index in [1.807, 2.05) is 38.1 Å². The van der Waals surface area contributed by atoms with Gasteiger partial charge >= 0.3 is 6.03 Å². The highest BCUT2D eigenvalue weighted by molar-refractivity contribution is 6.32. The Kier molecular flexibility index (Phi) is 5.61. The van der Waals surface area contributed by atoms with Gasteiger partial charge in [0.1, 0.15) is 5.75 Å². The van der Waals surface area contributed by atoms with E-state index in [0.29, 0.717) is 12.3 Å². The van der Waals surface area contributed by atoms with Crippen molar-refractivity contribution in [3.63, 3.8) is 0 Å². The van der Waals surface area contributed by atoms with Gasteiger partial charge in [-0.1, -0.05) is 17.7 Å². The lowest BCUT2D eigenvalue weighted by molar-refractivity contribution is 0.223. The van der Waals surface area contributed by atoms with Crippen molar-refractivity contribution in [1.82, 2.24) is 15.6 Å². The molecule has 5 nitrogen and oxygen atoms in total. The minimum absolute atomic E-state index is 0.0827. The average Bonchev–Trinajstić information content (AvgIpc) is 2.51. The highest BCUT2D eigenvalue weighted by Gasteiger charge is 2.04. The fraction of sp³-hybridized carbons (Fsp3) is 0.250. The number of ether oxygens (including phenoxy) is 1. The normalized spacial score (nSPS) is 10.1. The SMILES string of the molecule is Cc1cc(OCNC(=O)NCc2cccnc2)cc(C)c1Cl. The van der Waals surface area contributed by atoms with E-state index in [0.717, 1.165) is 21.7 Å². The summed E-state index contributed by atoms with van der Waals surface area (Å²) in [6, 6.07) is 7.09. The van der Waals surface area contributed by atoms with Gasteiger partial charge in [-0.15, -0.1) is 0 Å². The molecule has 0 aliphatic heterocycles. The first kappa shape index (κ1) is 16.1. The predicted molar refractivity (Wildman–Crippen MR) is 86.0 cm³/mol. The molecular formula is C16H18ClN3O2. The number of carbonyl (C=O) groups is 1. The van der Waals surface area contributed by atoms with Gasteiger partial charge in [-0.3, -0.25) is 4.98 Å². The molecule has 0 bridgehead atoms. The molecule has 116 valence electrons. The molecule has 0 atom stereocenters. The molecule has 0 radical (unpaired) electrons. The monoisotopic (exact) mass is 319 g/mol. The number of aromatic nitrogens is 1. The van der Waals surface area contributed by atoms with Crippen LogP contribution in [0.15, 0.2) is 36.7 Å². The number of carbonyl (C=O) groups excluding carboxylic acids is 1. The molecule has 0 aliphatic carbocycles. The first-order chi connectivity index (χ1) is 10.6. The lowest BCUT2D eigenvalue weighted by Crippen LogP contribution is -2.37. The number of nitrogens with zero attached hydrogens (tertiary/aromatic N) is 1. The number of hydrogen-bond donors (Lipinski definition) is 2. The Balaban J connectivity index is 1.75. The maximum absolute atomic E-state index is 11.7. The number of rotatable bonds is 5. The molecule has 2 amide bonds. The van der Waals surface area contributed by atoms with Gasteiger partial charge in [0.05, 0.1) is 0 Å². The Morgan fingerprint density at radius 3 is 2.64 bits per heavy atom. The van der Waals surface area contributed by atoms with Crippen molar-refractivity contribution in [2.45, 2.75) is 20.4 Å². The van der Waals surface area contributed by atoms with Crippen molar-refractivity contribution < 1.29 is 9.53 Å². The summed E-state index contributed by atoms with van der Waals surface area (Å²) < 4.78 is 5.50. The topological polar surface area (TPSA) is 63.2 Å². The van der Waals surface area contributed by atoms with E-state index in [2.05, 4.69) is 15.6 Å². The molecular weight excluding hydrogens is 302 g/mol. The molecule has 0 fully saturated rings. The van der Waals surface area contributed by atoms with Gasteiger partial charge in [-0.2, -0.15) is 0 Å². The lowest BCUT2D eigenvalue weighted by atomic mass is 10.1. The third-order valence-corrected chi connectivity index (χ3v) is 3.65. The summed E-state index contributed by atoms with van der Waals surface area (Å²) >= 11 is 6.09. The molecule has 0 saturated heterocycles. The van der Waals surface area contributed by atoms with Crippen molar-refractivity contribution in [2.24, 2.45) is 0 Å². The molecule has 1 heterocycles. The fourth-order valence-electron chi connectivity index (χ4n) is 1.92. The first-order valence-electron chi connectivity index (χ1n) is 6.86. The van der Waals surface area contributed by atoms with E-state index in [-0.39, 0.29) is 12.8 Å². The third kappa shape index (κ3) is 4.63. The van der Waals surface area contributed by atoms with Crippen LogP contribution in [0.2, 0.25) is 5.02 Å². The molecule has 2 rings (SSSR count). The number of halogens is 1. The number of benzene rings is 1. The van der Waals surface area contributed by atoms with E-state index in [4.69, 9.17) is 16.3 Å². The third-order valence-electron chi connectivity index (χ3n) is 3.06. The van der Waals surface area contributed by atoms with Gasteiger partial charge in [0.25, 0.3) is 0 Å². The largest absolute Gasteiger partial charge is 0.473 e. The number of urea groups is 1. The average molecular weight is 320 g/mol. The zero-order valence-electron chi connectivity index (χ0n) is 12.5. The summed E-state index contributed by atoms with van der Waals surface area (Å²) in [5, 5.41) is 6.09. The summed E-state index contributed by atoms with van der Waals surface area (Å²) in [7, 11) is 0. The van der Waals surface area contributed by atoms with Crippen molar-refractivity contribution in [2.75, 3.05) is 6.73 Å². The quantitative estimate of drug-likeness (QED) is 0.832. The molecule has 0 unspecified atom stereocenters. The maximum atomic E-state index is 11.7. The highest BCUT2D eigenvalue weighted by Crippen LogP contribution is 2.25. The smallest absolute Gasteiger partial charge is 0.317 e. The van der Waals surface area contributed by atoms with Crippen LogP contribution in [0.3, 0.4) is 0 Å². The summed E-state index contributed by atoms with van der Waals surface area (Å²) in [6.45, 7) is 4.32. The van der Waals surface area contributed by atoms with Crippen LogP contribution < -0.4 is 15.4 Å². The summed E-state index contributed by atoms with van der Waals surface area (Å²) in [5.74, 6) is 0.673. The molecule has 0 saturated carbocycles. The van der Waals surface area contributed by atoms with Crippen molar-refractivity contribution >= 4 is 17.6 Å². The number of pyridine rings is 1. The Labute approximate surface area is 134 Å². The minimum Gasteiger partial charge on any atom is -0.473 e. The van der Waals surface area contributed by atoms with Crippen LogP contribution in [0.25, 0.3) is 0 Å². The molecule has 2 aromatic rings. The van der Waals surface area contributed by atoms with Gasteiger partial charge in [0.2, 0.25) is 0 Å². The van der Waals surface area contributed by atoms with Crippen molar-refractivity contribution in [3.8, 4) is 5.75 Å². The Morgan fingerprint density at radius 1 is 1.27 bits per heavy atom. The van der Waals surface area contributed by atoms with Crippen LogP contribution in [0.5, 0.6) is 5.75 Å². The highest BCUT2D eigenvalue weighted by atomic mass is 35.5. The molecule has 6 heteroatoms. The second kappa shape index (κ2) is 7.66. The minimum atomic E-state index is -0.300. The molecule has 0 aliphatic rings. The van der Waals surface area contributed by atoms with Crippen molar-refractivity contribution in [1.29, 1.82) is 0 Å². The van der Waals surface area contributed by atoms with Gasteiger partial charge in [-0.05, 0) is 48.7 Å². The zero-order chi connectivity index (χ0) is 15.9. The summed E-state index contributed by atoms with van der Waals surface area (Å²) in [4.78, 5) is 15.6. The second-order valence-corrected chi connectivity index (χ2v) is 5.26. The van der Waals surface area contributed by atoms with Gasteiger partial charge in [0.15, 0.2) is 6.73 Å². The van der Waals surface area contributed by atoms with Crippen LogP contribution in [-0.4, -0.2) is 17.7 Å². The second-order valence-electron chi connectivity index (χ2n) is 4.88. The lowest BCUT2D eigenvalue weighted by Gasteiger charge is -2.11. The van der Waals surface area contributed by atoms with E-state index in [1.165, 1.54) is 0 Å². The number of amides is 2. The van der Waals surface area contributed by atoms with Gasteiger partial charge in [-0.25, -0.2) is 4.79 Å². The Morgan fingerprint density at radius 2 is 2.00 bits per heavy atom. The van der Waals surface area contributed by atoms with Gasteiger partial charge < -0.3 is 15.4 Å².